The molecule has 0 aliphatic carbocycles. The molecule has 0 aliphatic heterocycles. The Hall–Kier alpha value is -2.06. The van der Waals surface area contributed by atoms with E-state index in [-0.39, 0.29) is 5.03 Å². The first kappa shape index (κ1) is 15.3. The second-order valence-electron chi connectivity index (χ2n) is 4.51. The summed E-state index contributed by atoms with van der Waals surface area (Å²) in [5.74, 6) is 1.17. The van der Waals surface area contributed by atoms with Gasteiger partial charge in [-0.2, -0.15) is 8.42 Å². The highest BCUT2D eigenvalue weighted by Gasteiger charge is 2.18. The van der Waals surface area contributed by atoms with Crippen LogP contribution in [0.25, 0.3) is 0 Å². The third-order valence-corrected chi connectivity index (χ3v) is 4.09. The number of hydrogen-bond acceptors (Lipinski definition) is 5. The molecule has 0 unspecified atom stereocenters. The van der Waals surface area contributed by atoms with E-state index in [4.69, 9.17) is 10.5 Å². The molecule has 0 spiro atoms. The Balaban J connectivity index is 2.20. The molecular weight excluding hydrogens is 292 g/mol. The second-order valence-corrected chi connectivity index (χ2v) is 6.14. The summed E-state index contributed by atoms with van der Waals surface area (Å²) >= 11 is 0. The molecule has 2 aromatic rings. The Kier molecular flexibility index (Phi) is 4.49. The Morgan fingerprint density at radius 1 is 1.43 bits per heavy atom. The van der Waals surface area contributed by atoms with Crippen molar-refractivity contribution in [1.82, 2.24) is 9.55 Å². The van der Waals surface area contributed by atoms with Gasteiger partial charge in [0.05, 0.1) is 5.69 Å². The minimum atomic E-state index is -3.71. The second kappa shape index (κ2) is 6.15. The minimum Gasteiger partial charge on any atom is -0.492 e. The Bertz CT molecular complexity index is 705. The molecule has 0 aliphatic rings. The molecule has 0 amide bonds. The number of hydrogen-bond donors (Lipinski definition) is 2. The van der Waals surface area contributed by atoms with Crippen LogP contribution in [-0.2, 0) is 17.1 Å². The summed E-state index contributed by atoms with van der Waals surface area (Å²) in [5, 5.41) is -0.0178. The quantitative estimate of drug-likeness (QED) is 0.824. The van der Waals surface area contributed by atoms with E-state index in [0.29, 0.717) is 30.4 Å². The minimum absolute atomic E-state index is 0.0178. The lowest BCUT2D eigenvalue weighted by atomic mass is 10.3. The summed E-state index contributed by atoms with van der Waals surface area (Å²) in [5.41, 5.74) is 5.77. The van der Waals surface area contributed by atoms with Gasteiger partial charge in [-0.15, -0.1) is 0 Å². The fraction of sp³-hybridized carbons (Fsp3) is 0.308. The van der Waals surface area contributed by atoms with Gasteiger partial charge in [0.15, 0.2) is 5.03 Å². The summed E-state index contributed by atoms with van der Waals surface area (Å²) in [6, 6.07) is 6.68. The molecule has 1 aromatic carbocycles. The van der Waals surface area contributed by atoms with Gasteiger partial charge in [0.1, 0.15) is 18.2 Å². The fourth-order valence-corrected chi connectivity index (χ4v) is 2.78. The molecule has 0 bridgehead atoms. The standard InChI is InChI=1S/C13H18N4O3S/c1-10-15-13(9-17(10)2)21(18,19)16-11-4-3-5-12(8-11)20-7-6-14/h3-5,8-9,16H,6-7,14H2,1-2H3. The molecule has 8 heteroatoms. The van der Waals surface area contributed by atoms with Crippen molar-refractivity contribution >= 4 is 15.7 Å². The highest BCUT2D eigenvalue weighted by atomic mass is 32.2. The first-order chi connectivity index (χ1) is 9.92. The number of rotatable bonds is 6. The molecule has 7 nitrogen and oxygen atoms in total. The highest BCUT2D eigenvalue weighted by molar-refractivity contribution is 7.92. The Labute approximate surface area is 123 Å². The summed E-state index contributed by atoms with van der Waals surface area (Å²) < 4.78 is 34.0. The monoisotopic (exact) mass is 310 g/mol. The predicted octanol–water partition coefficient (Wildman–Crippen LogP) is 0.867. The summed E-state index contributed by atoms with van der Waals surface area (Å²) in [6.45, 7) is 2.50. The molecule has 21 heavy (non-hydrogen) atoms. The zero-order valence-electron chi connectivity index (χ0n) is 11.9. The van der Waals surface area contributed by atoms with E-state index in [1.54, 1.807) is 42.8 Å². The average molecular weight is 310 g/mol. The molecule has 0 atom stereocenters. The van der Waals surface area contributed by atoms with E-state index in [0.717, 1.165) is 0 Å². The van der Waals surface area contributed by atoms with E-state index in [1.165, 1.54) is 6.20 Å². The van der Waals surface area contributed by atoms with Crippen LogP contribution in [0.2, 0.25) is 0 Å². The first-order valence-corrected chi connectivity index (χ1v) is 7.86. The van der Waals surface area contributed by atoms with Gasteiger partial charge >= 0.3 is 0 Å². The number of aromatic nitrogens is 2. The number of imidazole rings is 1. The number of anilines is 1. The van der Waals surface area contributed by atoms with E-state index < -0.39 is 10.0 Å². The summed E-state index contributed by atoms with van der Waals surface area (Å²) in [6.07, 6.45) is 1.46. The van der Waals surface area contributed by atoms with Crippen molar-refractivity contribution in [2.75, 3.05) is 17.9 Å². The molecule has 1 heterocycles. The molecule has 3 N–H and O–H groups in total. The lowest BCUT2D eigenvalue weighted by molar-refractivity contribution is 0.328. The van der Waals surface area contributed by atoms with E-state index in [1.807, 2.05) is 0 Å². The maximum Gasteiger partial charge on any atom is 0.280 e. The van der Waals surface area contributed by atoms with Crippen LogP contribution in [0.5, 0.6) is 5.75 Å². The predicted molar refractivity (Wildman–Crippen MR) is 79.7 cm³/mol. The molecule has 2 rings (SSSR count). The number of ether oxygens (including phenoxy) is 1. The molecule has 0 fully saturated rings. The zero-order chi connectivity index (χ0) is 15.5. The van der Waals surface area contributed by atoms with Gasteiger partial charge in [0.2, 0.25) is 0 Å². The lowest BCUT2D eigenvalue weighted by Gasteiger charge is -2.08. The van der Waals surface area contributed by atoms with Crippen LogP contribution >= 0.6 is 0 Å². The van der Waals surface area contributed by atoms with Crippen molar-refractivity contribution in [1.29, 1.82) is 0 Å². The van der Waals surface area contributed by atoms with Crippen LogP contribution < -0.4 is 15.2 Å². The maximum absolute atomic E-state index is 12.2. The number of nitrogens with zero attached hydrogens (tertiary/aromatic N) is 2. The SMILES string of the molecule is Cc1nc(S(=O)(=O)Nc2cccc(OCCN)c2)cn1C. The number of sulfonamides is 1. The number of nitrogens with two attached hydrogens (primary N) is 1. The van der Waals surface area contributed by atoms with Crippen LogP contribution in [-0.4, -0.2) is 31.1 Å². The summed E-state index contributed by atoms with van der Waals surface area (Å²) in [4.78, 5) is 4.01. The Morgan fingerprint density at radius 3 is 2.81 bits per heavy atom. The van der Waals surface area contributed by atoms with Crippen LogP contribution in [0.3, 0.4) is 0 Å². The topological polar surface area (TPSA) is 99.2 Å². The highest BCUT2D eigenvalue weighted by Crippen LogP contribution is 2.20. The van der Waals surface area contributed by atoms with Crippen LogP contribution in [0.4, 0.5) is 5.69 Å². The third-order valence-electron chi connectivity index (χ3n) is 2.83. The van der Waals surface area contributed by atoms with Crippen molar-refractivity contribution in [3.05, 3.63) is 36.3 Å². The van der Waals surface area contributed by atoms with Crippen LogP contribution in [0, 0.1) is 6.92 Å². The van der Waals surface area contributed by atoms with Crippen molar-refractivity contribution in [3.8, 4) is 5.75 Å². The Morgan fingerprint density at radius 2 is 2.19 bits per heavy atom. The van der Waals surface area contributed by atoms with Crippen molar-refractivity contribution in [2.24, 2.45) is 12.8 Å². The molecule has 1 aromatic heterocycles. The normalized spacial score (nSPS) is 11.4. The van der Waals surface area contributed by atoms with E-state index >= 15 is 0 Å². The van der Waals surface area contributed by atoms with Crippen molar-refractivity contribution < 1.29 is 13.2 Å². The molecule has 114 valence electrons. The summed E-state index contributed by atoms with van der Waals surface area (Å²) in [7, 11) is -1.98. The van der Waals surface area contributed by atoms with Gasteiger partial charge < -0.3 is 15.0 Å². The number of aryl methyl sites for hydroxylation is 2. The smallest absolute Gasteiger partial charge is 0.280 e. The van der Waals surface area contributed by atoms with Crippen LogP contribution in [0.1, 0.15) is 5.82 Å². The van der Waals surface area contributed by atoms with Crippen molar-refractivity contribution in [3.63, 3.8) is 0 Å². The van der Waals surface area contributed by atoms with E-state index in [2.05, 4.69) is 9.71 Å². The van der Waals surface area contributed by atoms with Crippen molar-refractivity contribution in [2.45, 2.75) is 11.9 Å². The maximum atomic E-state index is 12.2. The van der Waals surface area contributed by atoms with Gasteiger partial charge in [-0.25, -0.2) is 4.98 Å². The molecule has 0 saturated heterocycles. The number of nitrogens with one attached hydrogen (secondary N) is 1. The zero-order valence-corrected chi connectivity index (χ0v) is 12.7. The number of benzene rings is 1. The third kappa shape index (κ3) is 3.73. The van der Waals surface area contributed by atoms with Gasteiger partial charge in [0, 0.05) is 25.9 Å². The molecular formula is C13H18N4O3S. The van der Waals surface area contributed by atoms with Gasteiger partial charge in [0.25, 0.3) is 10.0 Å². The fourth-order valence-electron chi connectivity index (χ4n) is 1.69. The molecule has 0 saturated carbocycles. The van der Waals surface area contributed by atoms with Gasteiger partial charge in [-0.05, 0) is 19.1 Å². The largest absolute Gasteiger partial charge is 0.492 e. The van der Waals surface area contributed by atoms with Gasteiger partial charge in [-0.3, -0.25) is 4.72 Å². The van der Waals surface area contributed by atoms with E-state index in [9.17, 15) is 8.42 Å². The molecule has 0 radical (unpaired) electrons. The average Bonchev–Trinajstić information content (AvgIpc) is 2.77. The van der Waals surface area contributed by atoms with Crippen LogP contribution in [0.15, 0.2) is 35.5 Å². The first-order valence-electron chi connectivity index (χ1n) is 6.38. The van der Waals surface area contributed by atoms with Gasteiger partial charge in [-0.1, -0.05) is 6.07 Å². The lowest BCUT2D eigenvalue weighted by Crippen LogP contribution is -2.14.